The van der Waals surface area contributed by atoms with Gasteiger partial charge in [-0.1, -0.05) is 12.1 Å². The largest absolute Gasteiger partial charge is 0.491 e. The maximum Gasteiger partial charge on any atom is 0.408 e. The van der Waals surface area contributed by atoms with Gasteiger partial charge in [0.1, 0.15) is 12.3 Å². The van der Waals surface area contributed by atoms with E-state index in [-0.39, 0.29) is 12.0 Å². The Hall–Kier alpha value is -3.88. The second kappa shape index (κ2) is 9.17. The number of hydrogen-bond acceptors (Lipinski definition) is 4. The van der Waals surface area contributed by atoms with Gasteiger partial charge in [-0.2, -0.15) is 18.3 Å². The van der Waals surface area contributed by atoms with Gasteiger partial charge in [0.15, 0.2) is 0 Å². The Labute approximate surface area is 194 Å². The van der Waals surface area contributed by atoms with Crippen molar-refractivity contribution in [1.82, 2.24) is 14.8 Å². The Morgan fingerprint density at radius 2 is 1.85 bits per heavy atom. The highest BCUT2D eigenvalue weighted by atomic mass is 19.4. The van der Waals surface area contributed by atoms with Crippen LogP contribution in [0.25, 0.3) is 22.0 Å². The van der Waals surface area contributed by atoms with Crippen molar-refractivity contribution in [3.63, 3.8) is 0 Å². The normalized spacial score (nSPS) is 11.7. The molecule has 0 radical (unpaired) electrons. The van der Waals surface area contributed by atoms with Crippen LogP contribution < -0.4 is 9.64 Å². The molecule has 4 aromatic rings. The van der Waals surface area contributed by atoms with E-state index in [1.807, 2.05) is 19.9 Å². The van der Waals surface area contributed by atoms with Crippen LogP contribution in [0, 0.1) is 0 Å². The van der Waals surface area contributed by atoms with Gasteiger partial charge < -0.3 is 9.64 Å². The van der Waals surface area contributed by atoms with Gasteiger partial charge in [-0.15, -0.1) is 0 Å². The SMILES string of the molecule is CC(C)Oc1ccc(C(=O)N(C)c2cccc3c(-c4cnn(CC(F)(F)F)c4)ccnc23)cc1. The smallest absolute Gasteiger partial charge is 0.408 e. The van der Waals surface area contributed by atoms with Gasteiger partial charge in [0, 0.05) is 36.0 Å². The van der Waals surface area contributed by atoms with Crippen molar-refractivity contribution in [2.24, 2.45) is 0 Å². The molecule has 0 unspecified atom stereocenters. The number of nitrogens with zero attached hydrogens (tertiary/aromatic N) is 4. The number of carbonyl (C=O) groups is 1. The summed E-state index contributed by atoms with van der Waals surface area (Å²) >= 11 is 0. The van der Waals surface area contributed by atoms with Crippen molar-refractivity contribution >= 4 is 22.5 Å². The molecule has 0 saturated heterocycles. The predicted octanol–water partition coefficient (Wildman–Crippen LogP) is 5.72. The molecular formula is C25H23F3N4O2. The van der Waals surface area contributed by atoms with Gasteiger partial charge in [0.05, 0.1) is 23.5 Å². The number of benzene rings is 2. The summed E-state index contributed by atoms with van der Waals surface area (Å²) in [5.41, 5.74) is 2.83. The summed E-state index contributed by atoms with van der Waals surface area (Å²) in [6, 6.07) is 14.0. The van der Waals surface area contributed by atoms with Crippen molar-refractivity contribution in [3.05, 3.63) is 72.7 Å². The summed E-state index contributed by atoms with van der Waals surface area (Å²) in [4.78, 5) is 19.1. The lowest BCUT2D eigenvalue weighted by Crippen LogP contribution is -2.26. The number of para-hydroxylation sites is 1. The third-order valence-corrected chi connectivity index (χ3v) is 5.17. The first-order chi connectivity index (χ1) is 16.1. The minimum atomic E-state index is -4.36. The number of anilines is 1. The van der Waals surface area contributed by atoms with Crippen LogP contribution in [0.1, 0.15) is 24.2 Å². The van der Waals surface area contributed by atoms with Gasteiger partial charge >= 0.3 is 6.18 Å². The van der Waals surface area contributed by atoms with Crippen molar-refractivity contribution in [3.8, 4) is 16.9 Å². The molecule has 4 rings (SSSR count). The summed E-state index contributed by atoms with van der Waals surface area (Å²) in [6.45, 7) is 2.69. The average Bonchev–Trinajstić information content (AvgIpc) is 3.24. The zero-order valence-electron chi connectivity index (χ0n) is 18.9. The van der Waals surface area contributed by atoms with Crippen LogP contribution in [0.15, 0.2) is 67.1 Å². The fourth-order valence-electron chi connectivity index (χ4n) is 3.71. The first-order valence-corrected chi connectivity index (χ1v) is 10.6. The minimum absolute atomic E-state index is 0.0285. The number of halogens is 3. The topological polar surface area (TPSA) is 60.2 Å². The molecular weight excluding hydrogens is 445 g/mol. The Morgan fingerprint density at radius 3 is 2.53 bits per heavy atom. The lowest BCUT2D eigenvalue weighted by atomic mass is 10.0. The molecule has 176 valence electrons. The number of amides is 1. The molecule has 0 N–H and O–H groups in total. The molecule has 2 heterocycles. The molecule has 34 heavy (non-hydrogen) atoms. The maximum atomic E-state index is 13.2. The molecule has 0 aliphatic rings. The number of rotatable bonds is 6. The molecule has 0 spiro atoms. The highest BCUT2D eigenvalue weighted by Crippen LogP contribution is 2.33. The van der Waals surface area contributed by atoms with Gasteiger partial charge in [-0.25, -0.2) is 0 Å². The molecule has 2 aromatic carbocycles. The average molecular weight is 468 g/mol. The number of hydrogen-bond donors (Lipinski definition) is 0. The number of fused-ring (bicyclic) bond motifs is 1. The van der Waals surface area contributed by atoms with E-state index in [1.54, 1.807) is 55.7 Å². The van der Waals surface area contributed by atoms with Crippen LogP contribution >= 0.6 is 0 Å². The zero-order chi connectivity index (χ0) is 24.5. The fraction of sp³-hybridized carbons (Fsp3) is 0.240. The number of aromatic nitrogens is 3. The molecule has 2 aromatic heterocycles. The Morgan fingerprint density at radius 1 is 1.12 bits per heavy atom. The quantitative estimate of drug-likeness (QED) is 0.363. The molecule has 0 aliphatic carbocycles. The van der Waals surface area contributed by atoms with E-state index >= 15 is 0 Å². The van der Waals surface area contributed by atoms with Crippen LogP contribution in [0.3, 0.4) is 0 Å². The Kier molecular flexibility index (Phi) is 6.28. The summed E-state index contributed by atoms with van der Waals surface area (Å²) in [5.74, 6) is 0.450. The van der Waals surface area contributed by atoms with Crippen LogP contribution in [0.5, 0.6) is 5.75 Å². The Balaban J connectivity index is 1.66. The highest BCUT2D eigenvalue weighted by Gasteiger charge is 2.28. The summed E-state index contributed by atoms with van der Waals surface area (Å²) in [6.07, 6.45) is -0.0221. The fourth-order valence-corrected chi connectivity index (χ4v) is 3.71. The van der Waals surface area contributed by atoms with E-state index in [1.165, 1.54) is 17.3 Å². The zero-order valence-corrected chi connectivity index (χ0v) is 18.9. The van der Waals surface area contributed by atoms with Crippen molar-refractivity contribution in [2.45, 2.75) is 32.7 Å². The molecule has 0 bridgehead atoms. The highest BCUT2D eigenvalue weighted by molar-refractivity contribution is 6.11. The lowest BCUT2D eigenvalue weighted by Gasteiger charge is -2.20. The van der Waals surface area contributed by atoms with Crippen molar-refractivity contribution < 1.29 is 22.7 Å². The van der Waals surface area contributed by atoms with Gasteiger partial charge in [0.25, 0.3) is 5.91 Å². The van der Waals surface area contributed by atoms with E-state index in [0.717, 1.165) is 4.68 Å². The van der Waals surface area contributed by atoms with Crippen molar-refractivity contribution in [2.75, 3.05) is 11.9 Å². The van der Waals surface area contributed by atoms with Crippen LogP contribution in [0.4, 0.5) is 18.9 Å². The second-order valence-electron chi connectivity index (χ2n) is 8.13. The molecule has 1 amide bonds. The third kappa shape index (κ3) is 5.03. The van der Waals surface area contributed by atoms with E-state index in [2.05, 4.69) is 10.1 Å². The van der Waals surface area contributed by atoms with Crippen molar-refractivity contribution in [1.29, 1.82) is 0 Å². The number of ether oxygens (including phenoxy) is 1. The maximum absolute atomic E-state index is 13.2. The number of alkyl halides is 3. The standard InChI is InChI=1S/C25H23F3N4O2/c1-16(2)34-19-9-7-17(8-10-19)24(33)31(3)22-6-4-5-21-20(11-12-29-23(21)22)18-13-30-32(14-18)15-25(26,27)28/h4-14,16H,15H2,1-3H3. The summed E-state index contributed by atoms with van der Waals surface area (Å²) < 4.78 is 44.7. The van der Waals surface area contributed by atoms with E-state index < -0.39 is 12.7 Å². The van der Waals surface area contributed by atoms with E-state index in [4.69, 9.17) is 4.74 Å². The molecule has 0 aliphatic heterocycles. The monoisotopic (exact) mass is 468 g/mol. The molecule has 0 saturated carbocycles. The third-order valence-electron chi connectivity index (χ3n) is 5.17. The van der Waals surface area contributed by atoms with Gasteiger partial charge in [-0.05, 0) is 55.8 Å². The lowest BCUT2D eigenvalue weighted by molar-refractivity contribution is -0.142. The Bertz CT molecular complexity index is 1310. The number of pyridine rings is 1. The van der Waals surface area contributed by atoms with Crippen LogP contribution in [-0.4, -0.2) is 40.0 Å². The van der Waals surface area contributed by atoms with Crippen LogP contribution in [-0.2, 0) is 6.54 Å². The first-order valence-electron chi connectivity index (χ1n) is 10.6. The van der Waals surface area contributed by atoms with Gasteiger partial charge in [0.2, 0.25) is 0 Å². The second-order valence-corrected chi connectivity index (χ2v) is 8.13. The molecule has 0 atom stereocenters. The summed E-state index contributed by atoms with van der Waals surface area (Å²) in [7, 11) is 1.66. The number of carbonyl (C=O) groups excluding carboxylic acids is 1. The van der Waals surface area contributed by atoms with E-state index in [0.29, 0.717) is 39.0 Å². The summed E-state index contributed by atoms with van der Waals surface area (Å²) in [5, 5.41) is 4.54. The van der Waals surface area contributed by atoms with E-state index in [9.17, 15) is 18.0 Å². The molecule has 0 fully saturated rings. The van der Waals surface area contributed by atoms with Crippen LogP contribution in [0.2, 0.25) is 0 Å². The first kappa shape index (κ1) is 23.3. The molecule has 6 nitrogen and oxygen atoms in total. The van der Waals surface area contributed by atoms with Gasteiger partial charge in [-0.3, -0.25) is 14.5 Å². The predicted molar refractivity (Wildman–Crippen MR) is 124 cm³/mol. The minimum Gasteiger partial charge on any atom is -0.491 e. The molecule has 9 heteroatoms.